The Hall–Kier alpha value is -1.81. The normalized spacial score (nSPS) is 21.2. The summed E-state index contributed by atoms with van der Waals surface area (Å²) in [7, 11) is 1.69. The second-order valence-electron chi connectivity index (χ2n) is 5.96. The number of nitrogens with zero attached hydrogens (tertiary/aromatic N) is 2. The third-order valence-electron chi connectivity index (χ3n) is 4.64. The van der Waals surface area contributed by atoms with Gasteiger partial charge >= 0.3 is 0 Å². The first kappa shape index (κ1) is 14.1. The van der Waals surface area contributed by atoms with Gasteiger partial charge in [-0.2, -0.15) is 0 Å². The first-order valence-electron chi connectivity index (χ1n) is 7.51. The van der Waals surface area contributed by atoms with Gasteiger partial charge in [-0.15, -0.1) is 0 Å². The van der Waals surface area contributed by atoms with Crippen LogP contribution in [0.4, 0.5) is 0 Å². The zero-order valence-corrected chi connectivity index (χ0v) is 13.2. The molecular weight excluding hydrogens is 262 g/mol. The maximum atomic E-state index is 6.21. The van der Waals surface area contributed by atoms with Gasteiger partial charge in [-0.1, -0.05) is 0 Å². The highest BCUT2D eigenvalue weighted by atomic mass is 16.5. The van der Waals surface area contributed by atoms with E-state index in [1.807, 2.05) is 6.07 Å². The lowest BCUT2D eigenvalue weighted by atomic mass is 10.00. The van der Waals surface area contributed by atoms with Gasteiger partial charge in [-0.05, 0) is 51.0 Å². The second-order valence-corrected chi connectivity index (χ2v) is 5.96. The van der Waals surface area contributed by atoms with Crippen molar-refractivity contribution < 1.29 is 4.74 Å². The summed E-state index contributed by atoms with van der Waals surface area (Å²) < 4.78 is 7.60. The lowest BCUT2D eigenvalue weighted by Crippen LogP contribution is -2.36. The van der Waals surface area contributed by atoms with E-state index in [0.29, 0.717) is 6.04 Å². The van der Waals surface area contributed by atoms with E-state index in [0.717, 1.165) is 30.1 Å². The van der Waals surface area contributed by atoms with Crippen LogP contribution in [0.2, 0.25) is 0 Å². The highest BCUT2D eigenvalue weighted by molar-refractivity contribution is 5.67. The van der Waals surface area contributed by atoms with Crippen LogP contribution in [0.1, 0.15) is 36.5 Å². The monoisotopic (exact) mass is 285 g/mol. The van der Waals surface area contributed by atoms with Crippen molar-refractivity contribution in [2.45, 2.75) is 45.7 Å². The van der Waals surface area contributed by atoms with Crippen molar-refractivity contribution in [3.05, 3.63) is 35.3 Å². The number of aryl methyl sites for hydroxylation is 2. The number of methoxy groups -OCH3 is 1. The zero-order chi connectivity index (χ0) is 15.1. The van der Waals surface area contributed by atoms with E-state index < -0.39 is 0 Å². The number of benzene rings is 1. The van der Waals surface area contributed by atoms with Crippen molar-refractivity contribution in [1.82, 2.24) is 9.55 Å². The fourth-order valence-corrected chi connectivity index (χ4v) is 3.30. The number of imidazole rings is 1. The minimum atomic E-state index is 0.218. The summed E-state index contributed by atoms with van der Waals surface area (Å²) in [5, 5.41) is 0. The second kappa shape index (κ2) is 5.19. The molecule has 3 rings (SSSR count). The standard InChI is InChI=1S/C17H23N3O/c1-10-9-13(21-4)5-6-14(10)17-12(3)20-11(2)15(18)7-8-16(20)19-17/h5-6,9,11,15H,7-8,18H2,1-4H3. The number of hydrogen-bond donors (Lipinski definition) is 1. The van der Waals surface area contributed by atoms with Crippen LogP contribution >= 0.6 is 0 Å². The molecule has 4 nitrogen and oxygen atoms in total. The molecule has 1 aromatic heterocycles. The zero-order valence-electron chi connectivity index (χ0n) is 13.2. The van der Waals surface area contributed by atoms with Crippen LogP contribution in [0.25, 0.3) is 11.3 Å². The lowest BCUT2D eigenvalue weighted by molar-refractivity contribution is 0.363. The quantitative estimate of drug-likeness (QED) is 0.923. The molecule has 2 aromatic rings. The smallest absolute Gasteiger partial charge is 0.119 e. The lowest BCUT2D eigenvalue weighted by Gasteiger charge is -2.29. The molecule has 21 heavy (non-hydrogen) atoms. The van der Waals surface area contributed by atoms with E-state index in [-0.39, 0.29) is 6.04 Å². The summed E-state index contributed by atoms with van der Waals surface area (Å²) in [6.45, 7) is 6.43. The molecule has 112 valence electrons. The van der Waals surface area contributed by atoms with E-state index in [2.05, 4.69) is 37.5 Å². The minimum absolute atomic E-state index is 0.218. The Bertz CT molecular complexity index is 675. The first-order chi connectivity index (χ1) is 10.0. The van der Waals surface area contributed by atoms with Gasteiger partial charge in [0.25, 0.3) is 0 Å². The van der Waals surface area contributed by atoms with E-state index in [9.17, 15) is 0 Å². The third kappa shape index (κ3) is 2.23. The molecule has 1 aliphatic heterocycles. The SMILES string of the molecule is COc1ccc(-c2nc3n(c2C)C(C)C(N)CC3)c(C)c1. The van der Waals surface area contributed by atoms with Crippen molar-refractivity contribution in [1.29, 1.82) is 0 Å². The number of hydrogen-bond acceptors (Lipinski definition) is 3. The topological polar surface area (TPSA) is 53.1 Å². The van der Waals surface area contributed by atoms with E-state index in [4.69, 9.17) is 15.5 Å². The fraction of sp³-hybridized carbons (Fsp3) is 0.471. The van der Waals surface area contributed by atoms with Gasteiger partial charge in [-0.3, -0.25) is 0 Å². The molecule has 0 saturated carbocycles. The number of fused-ring (bicyclic) bond motifs is 1. The van der Waals surface area contributed by atoms with E-state index in [1.54, 1.807) is 7.11 Å². The van der Waals surface area contributed by atoms with Gasteiger partial charge in [0.2, 0.25) is 0 Å². The summed E-state index contributed by atoms with van der Waals surface area (Å²) in [5.74, 6) is 2.04. The van der Waals surface area contributed by atoms with Crippen LogP contribution in [-0.4, -0.2) is 22.7 Å². The molecule has 1 aliphatic rings. The first-order valence-corrected chi connectivity index (χ1v) is 7.51. The Labute approximate surface area is 125 Å². The minimum Gasteiger partial charge on any atom is -0.497 e. The molecule has 2 unspecified atom stereocenters. The number of ether oxygens (including phenoxy) is 1. The number of rotatable bonds is 2. The number of aromatic nitrogens is 2. The van der Waals surface area contributed by atoms with Gasteiger partial charge in [0.15, 0.2) is 0 Å². The maximum absolute atomic E-state index is 6.21. The molecule has 2 heterocycles. The predicted octanol–water partition coefficient (Wildman–Crippen LogP) is 3.01. The van der Waals surface area contributed by atoms with Gasteiger partial charge in [-0.25, -0.2) is 4.98 Å². The summed E-state index contributed by atoms with van der Waals surface area (Å²) in [6, 6.07) is 6.68. The van der Waals surface area contributed by atoms with Gasteiger partial charge in [0.1, 0.15) is 11.6 Å². The highest BCUT2D eigenvalue weighted by Gasteiger charge is 2.27. The van der Waals surface area contributed by atoms with Crippen molar-refractivity contribution in [2.24, 2.45) is 5.73 Å². The molecule has 0 spiro atoms. The molecule has 0 amide bonds. The Morgan fingerprint density at radius 2 is 2.10 bits per heavy atom. The molecule has 0 saturated heterocycles. The largest absolute Gasteiger partial charge is 0.497 e. The third-order valence-corrected chi connectivity index (χ3v) is 4.64. The van der Waals surface area contributed by atoms with Crippen molar-refractivity contribution in [2.75, 3.05) is 7.11 Å². The van der Waals surface area contributed by atoms with Gasteiger partial charge in [0.05, 0.1) is 12.8 Å². The molecule has 0 bridgehead atoms. The predicted molar refractivity (Wildman–Crippen MR) is 84.7 cm³/mol. The average Bonchev–Trinajstić information content (AvgIpc) is 2.80. The molecule has 0 aliphatic carbocycles. The van der Waals surface area contributed by atoms with Crippen LogP contribution < -0.4 is 10.5 Å². The Balaban J connectivity index is 2.11. The van der Waals surface area contributed by atoms with Crippen molar-refractivity contribution in [3.63, 3.8) is 0 Å². The van der Waals surface area contributed by atoms with Crippen molar-refractivity contribution in [3.8, 4) is 17.0 Å². The summed E-state index contributed by atoms with van der Waals surface area (Å²) >= 11 is 0. The van der Waals surface area contributed by atoms with Crippen LogP contribution in [0, 0.1) is 13.8 Å². The highest BCUT2D eigenvalue weighted by Crippen LogP contribution is 2.33. The molecule has 0 fully saturated rings. The summed E-state index contributed by atoms with van der Waals surface area (Å²) in [6.07, 6.45) is 1.97. The van der Waals surface area contributed by atoms with Crippen LogP contribution in [0.5, 0.6) is 5.75 Å². The molecule has 4 heteroatoms. The van der Waals surface area contributed by atoms with Crippen LogP contribution in [0.15, 0.2) is 18.2 Å². The average molecular weight is 285 g/mol. The van der Waals surface area contributed by atoms with E-state index in [1.165, 1.54) is 16.8 Å². The van der Waals surface area contributed by atoms with Gasteiger partial charge in [0, 0.05) is 29.8 Å². The van der Waals surface area contributed by atoms with E-state index >= 15 is 0 Å². The van der Waals surface area contributed by atoms with Crippen LogP contribution in [0.3, 0.4) is 0 Å². The van der Waals surface area contributed by atoms with Crippen LogP contribution in [-0.2, 0) is 6.42 Å². The Morgan fingerprint density at radius 3 is 2.76 bits per heavy atom. The number of nitrogens with two attached hydrogens (primary N) is 1. The maximum Gasteiger partial charge on any atom is 0.119 e. The molecule has 2 atom stereocenters. The van der Waals surface area contributed by atoms with Gasteiger partial charge < -0.3 is 15.0 Å². The Morgan fingerprint density at radius 1 is 1.33 bits per heavy atom. The summed E-state index contributed by atoms with van der Waals surface area (Å²) in [4.78, 5) is 4.89. The van der Waals surface area contributed by atoms with Crippen molar-refractivity contribution >= 4 is 0 Å². The summed E-state index contributed by atoms with van der Waals surface area (Å²) in [5.41, 5.74) is 10.9. The molecular formula is C17H23N3O. The fourth-order valence-electron chi connectivity index (χ4n) is 3.30. The molecule has 1 aromatic carbocycles. The molecule has 0 radical (unpaired) electrons. The molecule has 2 N–H and O–H groups in total. The Kier molecular flexibility index (Phi) is 3.49.